The summed E-state index contributed by atoms with van der Waals surface area (Å²) in [6.45, 7) is 2.76. The van der Waals surface area contributed by atoms with Crippen molar-refractivity contribution in [1.82, 2.24) is 14.2 Å². The van der Waals surface area contributed by atoms with E-state index in [4.69, 9.17) is 10.8 Å². The van der Waals surface area contributed by atoms with E-state index in [1.54, 1.807) is 0 Å². The van der Waals surface area contributed by atoms with Crippen LogP contribution in [0.3, 0.4) is 0 Å². The van der Waals surface area contributed by atoms with Crippen LogP contribution in [-0.2, 0) is 10.0 Å². The van der Waals surface area contributed by atoms with E-state index < -0.39 is 10.0 Å². The Morgan fingerprint density at radius 2 is 2.00 bits per heavy atom. The molecule has 1 aromatic rings. The van der Waals surface area contributed by atoms with Gasteiger partial charge in [-0.2, -0.15) is 4.31 Å². The molecule has 0 unspecified atom stereocenters. The van der Waals surface area contributed by atoms with Crippen molar-refractivity contribution in [1.29, 1.82) is 0 Å². The summed E-state index contributed by atoms with van der Waals surface area (Å²) in [5.74, 6) is 0.194. The summed E-state index contributed by atoms with van der Waals surface area (Å²) in [5.41, 5.74) is 5.52. The topological polar surface area (TPSA) is 99.8 Å². The highest BCUT2D eigenvalue weighted by molar-refractivity contribution is 7.89. The first-order valence-corrected chi connectivity index (χ1v) is 7.53. The summed E-state index contributed by atoms with van der Waals surface area (Å²) < 4.78 is 26.2. The fourth-order valence-corrected chi connectivity index (χ4v) is 3.52. The number of hydrogen-bond acceptors (Lipinski definition) is 6. The van der Waals surface area contributed by atoms with Crippen molar-refractivity contribution < 1.29 is 13.5 Å². The highest BCUT2D eigenvalue weighted by Gasteiger charge is 2.28. The number of β-amino-alcohol motifs (C(OH)–C–C–N with tert-alkyl or cyclic N) is 1. The highest BCUT2D eigenvalue weighted by Crippen LogP contribution is 2.18. The first kappa shape index (κ1) is 14.2. The first-order valence-electron chi connectivity index (χ1n) is 6.09. The zero-order valence-corrected chi connectivity index (χ0v) is 11.4. The monoisotopic (exact) mass is 286 g/mol. The fourth-order valence-electron chi connectivity index (χ4n) is 2.07. The summed E-state index contributed by atoms with van der Waals surface area (Å²) in [6, 6.07) is 2.82. The normalized spacial score (nSPS) is 18.6. The van der Waals surface area contributed by atoms with Crippen molar-refractivity contribution in [3.63, 3.8) is 0 Å². The van der Waals surface area contributed by atoms with Gasteiger partial charge in [-0.05, 0) is 6.07 Å². The molecule has 0 aromatic carbocycles. The molecule has 1 aliphatic heterocycles. The first-order chi connectivity index (χ1) is 9.04. The zero-order valence-electron chi connectivity index (χ0n) is 10.6. The van der Waals surface area contributed by atoms with E-state index >= 15 is 0 Å². The molecule has 0 bridgehead atoms. The van der Waals surface area contributed by atoms with Gasteiger partial charge in [-0.1, -0.05) is 0 Å². The molecule has 106 valence electrons. The van der Waals surface area contributed by atoms with Crippen LogP contribution in [0.25, 0.3) is 0 Å². The molecule has 0 aliphatic carbocycles. The second-order valence-corrected chi connectivity index (χ2v) is 6.32. The van der Waals surface area contributed by atoms with Crippen molar-refractivity contribution in [2.24, 2.45) is 0 Å². The van der Waals surface area contributed by atoms with Crippen molar-refractivity contribution in [2.45, 2.75) is 4.90 Å². The molecule has 3 N–H and O–H groups in total. The number of nitrogen functional groups attached to an aromatic ring is 1. The van der Waals surface area contributed by atoms with Gasteiger partial charge in [-0.3, -0.25) is 4.90 Å². The molecule has 8 heteroatoms. The van der Waals surface area contributed by atoms with Crippen LogP contribution in [0.5, 0.6) is 0 Å². The van der Waals surface area contributed by atoms with Gasteiger partial charge in [0.15, 0.2) is 0 Å². The SMILES string of the molecule is Nc1cc(S(=O)(=O)N2CCN(CCO)CC2)ccn1. The maximum Gasteiger partial charge on any atom is 0.243 e. The Hall–Kier alpha value is -1.22. The smallest absolute Gasteiger partial charge is 0.243 e. The maximum absolute atomic E-state index is 12.4. The average Bonchev–Trinajstić information content (AvgIpc) is 2.40. The summed E-state index contributed by atoms with van der Waals surface area (Å²) in [5, 5.41) is 8.86. The predicted octanol–water partition coefficient (Wildman–Crippen LogP) is -1.04. The fraction of sp³-hybridized carbons (Fsp3) is 0.545. The summed E-state index contributed by atoms with van der Waals surface area (Å²) in [6.07, 6.45) is 1.39. The predicted molar refractivity (Wildman–Crippen MR) is 70.9 cm³/mol. The van der Waals surface area contributed by atoms with Crippen molar-refractivity contribution >= 4 is 15.8 Å². The molecule has 1 aromatic heterocycles. The molecule has 1 aliphatic rings. The maximum atomic E-state index is 12.4. The Morgan fingerprint density at radius 1 is 1.32 bits per heavy atom. The van der Waals surface area contributed by atoms with Crippen molar-refractivity contribution in [3.8, 4) is 0 Å². The number of aliphatic hydroxyl groups excluding tert-OH is 1. The highest BCUT2D eigenvalue weighted by atomic mass is 32.2. The number of nitrogens with zero attached hydrogens (tertiary/aromatic N) is 3. The molecule has 0 radical (unpaired) electrons. The summed E-state index contributed by atoms with van der Waals surface area (Å²) in [7, 11) is -3.50. The number of rotatable bonds is 4. The van der Waals surface area contributed by atoms with Gasteiger partial charge in [-0.25, -0.2) is 13.4 Å². The third-order valence-electron chi connectivity index (χ3n) is 3.14. The third-order valence-corrected chi connectivity index (χ3v) is 5.03. The number of aliphatic hydroxyl groups is 1. The van der Waals surface area contributed by atoms with Gasteiger partial charge in [0.2, 0.25) is 10.0 Å². The van der Waals surface area contributed by atoms with Crippen LogP contribution in [0.15, 0.2) is 23.2 Å². The molecule has 1 fully saturated rings. The van der Waals surface area contributed by atoms with E-state index in [1.807, 2.05) is 4.90 Å². The largest absolute Gasteiger partial charge is 0.395 e. The molecule has 19 heavy (non-hydrogen) atoms. The zero-order chi connectivity index (χ0) is 13.9. The van der Waals surface area contributed by atoms with Crippen LogP contribution in [0.2, 0.25) is 0 Å². The van der Waals surface area contributed by atoms with E-state index in [2.05, 4.69) is 4.98 Å². The number of piperazine rings is 1. The Balaban J connectivity index is 2.10. The van der Waals surface area contributed by atoms with Crippen LogP contribution < -0.4 is 5.73 Å². The van der Waals surface area contributed by atoms with Crippen LogP contribution >= 0.6 is 0 Å². The van der Waals surface area contributed by atoms with Gasteiger partial charge >= 0.3 is 0 Å². The Labute approximate surface area is 112 Å². The molecule has 7 nitrogen and oxygen atoms in total. The van der Waals surface area contributed by atoms with Gasteiger partial charge < -0.3 is 10.8 Å². The summed E-state index contributed by atoms with van der Waals surface area (Å²) in [4.78, 5) is 6.00. The molecule has 0 amide bonds. The molecule has 2 rings (SSSR count). The van der Waals surface area contributed by atoms with Gasteiger partial charge in [0.05, 0.1) is 11.5 Å². The van der Waals surface area contributed by atoms with Gasteiger partial charge in [0, 0.05) is 45.0 Å². The van der Waals surface area contributed by atoms with Gasteiger partial charge in [0.25, 0.3) is 0 Å². The Kier molecular flexibility index (Phi) is 4.35. The minimum atomic E-state index is -3.50. The lowest BCUT2D eigenvalue weighted by atomic mass is 10.4. The van der Waals surface area contributed by atoms with Crippen molar-refractivity contribution in [3.05, 3.63) is 18.3 Å². The molecular weight excluding hydrogens is 268 g/mol. The van der Waals surface area contributed by atoms with E-state index in [0.717, 1.165) is 0 Å². The molecule has 1 saturated heterocycles. The number of hydrogen-bond donors (Lipinski definition) is 2. The lowest BCUT2D eigenvalue weighted by Gasteiger charge is -2.33. The number of pyridine rings is 1. The minimum absolute atomic E-state index is 0.0909. The number of sulfonamides is 1. The quantitative estimate of drug-likeness (QED) is 0.733. The Morgan fingerprint density at radius 3 is 2.58 bits per heavy atom. The van der Waals surface area contributed by atoms with E-state index in [-0.39, 0.29) is 17.3 Å². The van der Waals surface area contributed by atoms with E-state index in [1.165, 1.54) is 22.6 Å². The molecular formula is C11H18N4O3S. The lowest BCUT2D eigenvalue weighted by molar-refractivity contribution is 0.151. The third kappa shape index (κ3) is 3.21. The molecule has 0 atom stereocenters. The van der Waals surface area contributed by atoms with Crippen LogP contribution in [0, 0.1) is 0 Å². The van der Waals surface area contributed by atoms with Gasteiger partial charge in [-0.15, -0.1) is 0 Å². The van der Waals surface area contributed by atoms with Crippen LogP contribution in [0.4, 0.5) is 5.82 Å². The van der Waals surface area contributed by atoms with E-state index in [0.29, 0.717) is 32.7 Å². The molecule has 0 spiro atoms. The minimum Gasteiger partial charge on any atom is -0.395 e. The van der Waals surface area contributed by atoms with Crippen LogP contribution in [-0.4, -0.2) is 67.0 Å². The van der Waals surface area contributed by atoms with Crippen molar-refractivity contribution in [2.75, 3.05) is 45.1 Å². The number of nitrogens with two attached hydrogens (primary N) is 1. The second kappa shape index (κ2) is 5.83. The summed E-state index contributed by atoms with van der Waals surface area (Å²) >= 11 is 0. The van der Waals surface area contributed by atoms with Gasteiger partial charge in [0.1, 0.15) is 5.82 Å². The Bertz CT molecular complexity index is 526. The lowest BCUT2D eigenvalue weighted by Crippen LogP contribution is -2.49. The molecule has 0 saturated carbocycles. The number of aromatic nitrogens is 1. The second-order valence-electron chi connectivity index (χ2n) is 4.39. The standard InChI is InChI=1S/C11H18N4O3S/c12-11-9-10(1-2-13-11)19(17,18)15-5-3-14(4-6-15)7-8-16/h1-2,9,16H,3-8H2,(H2,12,13). The number of anilines is 1. The average molecular weight is 286 g/mol. The molecule has 2 heterocycles. The van der Waals surface area contributed by atoms with Crippen LogP contribution in [0.1, 0.15) is 0 Å². The van der Waals surface area contributed by atoms with E-state index in [9.17, 15) is 8.42 Å².